The first-order valence-corrected chi connectivity index (χ1v) is 16.1. The largest absolute Gasteiger partial charge is 0.351 e. The van der Waals surface area contributed by atoms with Gasteiger partial charge in [-0.05, 0) is 63.8 Å². The van der Waals surface area contributed by atoms with Gasteiger partial charge in [0, 0.05) is 12.1 Å². The number of carbonyl (C=O) groups is 2. The van der Waals surface area contributed by atoms with Crippen LogP contribution in [0.2, 0.25) is 5.02 Å². The number of nitrogens with one attached hydrogen (secondary N) is 2. The number of rotatable bonds is 10. The van der Waals surface area contributed by atoms with Gasteiger partial charge in [-0.2, -0.15) is 8.42 Å². The number of halogens is 1. The third kappa shape index (κ3) is 11.0. The summed E-state index contributed by atoms with van der Waals surface area (Å²) in [5.74, 6) is -1.78. The lowest BCUT2D eigenvalue weighted by Gasteiger charge is -2.22. The average molecular weight is 625 g/mol. The monoisotopic (exact) mass is 624 g/mol. The highest BCUT2D eigenvalue weighted by Gasteiger charge is 2.24. The fourth-order valence-corrected chi connectivity index (χ4v) is 4.90. The number of amides is 2. The van der Waals surface area contributed by atoms with Crippen molar-refractivity contribution in [1.29, 1.82) is 0 Å². The number of anilines is 1. The minimum Gasteiger partial charge on any atom is -0.351 e. The quantitative estimate of drug-likeness (QED) is 0.205. The Bertz CT molecular complexity index is 1570. The fourth-order valence-electron chi connectivity index (χ4n) is 4.30. The normalized spacial score (nSPS) is 13.1. The smallest absolute Gasteiger partial charge is 0.266 e. The van der Waals surface area contributed by atoms with E-state index in [0.717, 1.165) is 22.3 Å². The highest BCUT2D eigenvalue weighted by Crippen LogP contribution is 2.30. The maximum Gasteiger partial charge on any atom is 0.266 e. The topological polar surface area (TPSA) is 113 Å². The molecule has 7 nitrogen and oxygen atoms in total. The first-order chi connectivity index (χ1) is 19.9. The zero-order valence-electron chi connectivity index (χ0n) is 25.6. The molecule has 9 heteroatoms. The van der Waals surface area contributed by atoms with Gasteiger partial charge in [-0.15, -0.1) is 0 Å². The van der Waals surface area contributed by atoms with E-state index in [4.69, 9.17) is 16.2 Å². The molecule has 3 aromatic carbocycles. The van der Waals surface area contributed by atoms with E-state index >= 15 is 0 Å². The molecule has 0 aliphatic rings. The van der Waals surface area contributed by atoms with Crippen LogP contribution >= 0.6 is 11.6 Å². The minimum atomic E-state index is -4.17. The van der Waals surface area contributed by atoms with Crippen molar-refractivity contribution in [3.8, 4) is 0 Å². The van der Waals surface area contributed by atoms with Gasteiger partial charge in [0.1, 0.15) is 0 Å². The fraction of sp³-hybridized carbons (Fsp3) is 0.353. The Morgan fingerprint density at radius 1 is 0.930 bits per heavy atom. The van der Waals surface area contributed by atoms with E-state index in [2.05, 4.69) is 58.3 Å². The van der Waals surface area contributed by atoms with E-state index in [1.54, 1.807) is 30.3 Å². The summed E-state index contributed by atoms with van der Waals surface area (Å²) in [7, 11) is -4.17. The molecular formula is C34H41ClN2O5S. The SMILES string of the molecule is CC(C)(C)C=Cc1ccc(NC(=O)C(Cc2ccc(C(=O)NCCS(=O)(=O)O)cc2)c2ccc(C(C)(C)C)cc2)c(Cl)c1. The summed E-state index contributed by atoms with van der Waals surface area (Å²) >= 11 is 6.58. The Balaban J connectivity index is 1.83. The van der Waals surface area contributed by atoms with Crippen LogP contribution in [0, 0.1) is 5.41 Å². The Morgan fingerprint density at radius 2 is 1.56 bits per heavy atom. The van der Waals surface area contributed by atoms with Gasteiger partial charge in [0.2, 0.25) is 5.91 Å². The molecule has 0 saturated heterocycles. The first-order valence-electron chi connectivity index (χ1n) is 14.1. The van der Waals surface area contributed by atoms with Crippen LogP contribution in [0.25, 0.3) is 6.08 Å². The second-order valence-corrected chi connectivity index (χ2v) is 14.8. The molecule has 0 aliphatic heterocycles. The lowest BCUT2D eigenvalue weighted by Crippen LogP contribution is -2.28. The van der Waals surface area contributed by atoms with Crippen molar-refractivity contribution in [3.63, 3.8) is 0 Å². The van der Waals surface area contributed by atoms with E-state index < -0.39 is 27.7 Å². The van der Waals surface area contributed by atoms with Gasteiger partial charge < -0.3 is 10.6 Å². The highest BCUT2D eigenvalue weighted by molar-refractivity contribution is 7.85. The third-order valence-corrected chi connectivity index (χ3v) is 7.86. The molecule has 0 aliphatic carbocycles. The van der Waals surface area contributed by atoms with Crippen LogP contribution in [0.3, 0.4) is 0 Å². The second-order valence-electron chi connectivity index (χ2n) is 12.8. The van der Waals surface area contributed by atoms with Crippen molar-refractivity contribution in [2.24, 2.45) is 5.41 Å². The van der Waals surface area contributed by atoms with E-state index in [9.17, 15) is 18.0 Å². The van der Waals surface area contributed by atoms with Crippen LogP contribution in [0.4, 0.5) is 5.69 Å². The molecule has 3 aromatic rings. The van der Waals surface area contributed by atoms with Crippen molar-refractivity contribution in [2.75, 3.05) is 17.6 Å². The molecule has 0 fully saturated rings. The van der Waals surface area contributed by atoms with Crippen LogP contribution < -0.4 is 10.6 Å². The maximum atomic E-state index is 13.8. The lowest BCUT2D eigenvalue weighted by molar-refractivity contribution is -0.117. The van der Waals surface area contributed by atoms with E-state index in [0.29, 0.717) is 22.7 Å². The molecule has 1 atom stereocenters. The Kier molecular flexibility index (Phi) is 11.0. The van der Waals surface area contributed by atoms with Crippen LogP contribution in [0.15, 0.2) is 72.8 Å². The summed E-state index contributed by atoms with van der Waals surface area (Å²) in [4.78, 5) is 26.1. The number of hydrogen-bond donors (Lipinski definition) is 3. The van der Waals surface area contributed by atoms with Gasteiger partial charge in [0.25, 0.3) is 16.0 Å². The highest BCUT2D eigenvalue weighted by atomic mass is 35.5. The van der Waals surface area contributed by atoms with Gasteiger partial charge in [-0.3, -0.25) is 14.1 Å². The molecule has 0 bridgehead atoms. The van der Waals surface area contributed by atoms with E-state index in [1.165, 1.54) is 0 Å². The van der Waals surface area contributed by atoms with E-state index in [-0.39, 0.29) is 23.3 Å². The molecule has 1 unspecified atom stereocenters. The molecule has 0 radical (unpaired) electrons. The lowest BCUT2D eigenvalue weighted by atomic mass is 9.84. The van der Waals surface area contributed by atoms with Crippen molar-refractivity contribution < 1.29 is 22.6 Å². The summed E-state index contributed by atoms with van der Waals surface area (Å²) in [5, 5.41) is 5.92. The summed E-state index contributed by atoms with van der Waals surface area (Å²) in [5.41, 5.74) is 4.62. The van der Waals surface area contributed by atoms with Gasteiger partial charge >= 0.3 is 0 Å². The Labute approximate surface area is 260 Å². The summed E-state index contributed by atoms with van der Waals surface area (Å²) in [6.45, 7) is 12.5. The molecule has 0 heterocycles. The number of allylic oxidation sites excluding steroid dienone is 1. The summed E-state index contributed by atoms with van der Waals surface area (Å²) in [6, 6.07) is 20.4. The van der Waals surface area contributed by atoms with Gasteiger partial charge in [0.15, 0.2) is 0 Å². The van der Waals surface area contributed by atoms with Gasteiger partial charge in [0.05, 0.1) is 22.4 Å². The number of carbonyl (C=O) groups excluding carboxylic acids is 2. The predicted molar refractivity (Wildman–Crippen MR) is 175 cm³/mol. The van der Waals surface area contributed by atoms with Crippen molar-refractivity contribution >= 4 is 45.3 Å². The summed E-state index contributed by atoms with van der Waals surface area (Å²) < 4.78 is 30.7. The Hall–Kier alpha value is -3.46. The second kappa shape index (κ2) is 13.9. The zero-order chi connectivity index (χ0) is 32.0. The maximum absolute atomic E-state index is 13.8. The molecule has 43 heavy (non-hydrogen) atoms. The Morgan fingerprint density at radius 3 is 2.09 bits per heavy atom. The third-order valence-electron chi connectivity index (χ3n) is 6.82. The van der Waals surface area contributed by atoms with E-state index in [1.807, 2.05) is 42.5 Å². The van der Waals surface area contributed by atoms with Gasteiger partial charge in [-0.1, -0.05) is 108 Å². The molecule has 230 valence electrons. The molecule has 0 spiro atoms. The van der Waals surface area contributed by atoms with Crippen LogP contribution in [-0.2, 0) is 26.7 Å². The molecule has 2 amide bonds. The standard InChI is InChI=1S/C34H41ClN2O5S/c1-33(2,3)18-17-24-9-16-30(29(35)22-24)37-32(39)28(25-12-14-27(15-13-25)34(4,5)6)21-23-7-10-26(11-8-23)31(38)36-19-20-43(40,41)42/h7-18,22,28H,19-21H2,1-6H3,(H,36,38)(H,37,39)(H,40,41,42). The molecule has 0 aromatic heterocycles. The van der Waals surface area contributed by atoms with Gasteiger partial charge in [-0.25, -0.2) is 0 Å². The minimum absolute atomic E-state index is 0.0280. The predicted octanol–water partition coefficient (Wildman–Crippen LogP) is 7.28. The van der Waals surface area contributed by atoms with Crippen molar-refractivity contribution in [1.82, 2.24) is 5.32 Å². The van der Waals surface area contributed by atoms with Crippen LogP contribution in [0.5, 0.6) is 0 Å². The van der Waals surface area contributed by atoms with Crippen molar-refractivity contribution in [2.45, 2.75) is 59.3 Å². The number of hydrogen-bond acceptors (Lipinski definition) is 4. The molecular weight excluding hydrogens is 584 g/mol. The zero-order valence-corrected chi connectivity index (χ0v) is 27.1. The molecule has 3 N–H and O–H groups in total. The average Bonchev–Trinajstić information content (AvgIpc) is 2.90. The number of benzene rings is 3. The van der Waals surface area contributed by atoms with Crippen LogP contribution in [-0.4, -0.2) is 37.1 Å². The molecule has 0 saturated carbocycles. The molecule has 3 rings (SSSR count). The first kappa shape index (κ1) is 34.0. The van der Waals surface area contributed by atoms with Crippen LogP contribution in [0.1, 0.15) is 80.1 Å². The summed E-state index contributed by atoms with van der Waals surface area (Å²) in [6.07, 6.45) is 4.48. The van der Waals surface area contributed by atoms with Crippen molar-refractivity contribution in [3.05, 3.63) is 106 Å².